The lowest BCUT2D eigenvalue weighted by atomic mass is 9.70. The highest BCUT2D eigenvalue weighted by Gasteiger charge is 2.45. The number of anilines is 2. The molecule has 0 saturated heterocycles. The summed E-state index contributed by atoms with van der Waals surface area (Å²) in [4.78, 5) is 16.0. The molecule has 3 aromatic rings. The third-order valence-electron chi connectivity index (χ3n) is 6.30. The van der Waals surface area contributed by atoms with E-state index in [-0.39, 0.29) is 16.9 Å². The number of aldehydes is 1. The number of nitrogens with one attached hydrogen (secondary N) is 3. The van der Waals surface area contributed by atoms with Gasteiger partial charge in [0.15, 0.2) is 17.9 Å². The lowest BCUT2D eigenvalue weighted by molar-refractivity contribution is -0.114. The molecule has 3 N–H and O–H groups in total. The zero-order valence-corrected chi connectivity index (χ0v) is 19.5. The van der Waals surface area contributed by atoms with Crippen LogP contribution in [0.5, 0.6) is 5.75 Å². The summed E-state index contributed by atoms with van der Waals surface area (Å²) in [6, 6.07) is 12.3. The summed E-state index contributed by atoms with van der Waals surface area (Å²) in [5, 5.41) is 14.3. The highest BCUT2D eigenvalue weighted by Crippen LogP contribution is 2.43. The van der Waals surface area contributed by atoms with Crippen LogP contribution in [0.1, 0.15) is 31.4 Å². The van der Waals surface area contributed by atoms with Gasteiger partial charge in [-0.15, -0.1) is 5.10 Å². The zero-order chi connectivity index (χ0) is 24.3. The largest absolute Gasteiger partial charge is 0.487 e. The maximum atomic E-state index is 14.3. The SMILES string of the molecule is O=CC1NN=C(C2(Cc3cccc(Nc4ccn[nH]4)n3)CCC(Oc3cccc(Cl)c3F)CC2)O1. The highest BCUT2D eigenvalue weighted by atomic mass is 35.5. The number of carbonyl (C=O) groups excluding carboxylic acids is 1. The molecule has 1 aliphatic heterocycles. The first-order valence-electron chi connectivity index (χ1n) is 11.3. The summed E-state index contributed by atoms with van der Waals surface area (Å²) < 4.78 is 26.1. The van der Waals surface area contributed by atoms with Crippen LogP contribution in [-0.4, -0.2) is 39.7 Å². The third-order valence-corrected chi connectivity index (χ3v) is 6.59. The monoisotopic (exact) mass is 498 g/mol. The number of rotatable bonds is 8. The summed E-state index contributed by atoms with van der Waals surface area (Å²) in [5.74, 6) is 1.48. The van der Waals surface area contributed by atoms with Gasteiger partial charge < -0.3 is 14.8 Å². The Morgan fingerprint density at radius 2 is 2.06 bits per heavy atom. The predicted molar refractivity (Wildman–Crippen MR) is 128 cm³/mol. The molecule has 1 atom stereocenters. The minimum absolute atomic E-state index is 0.0297. The molecule has 2 aromatic heterocycles. The number of halogens is 2. The summed E-state index contributed by atoms with van der Waals surface area (Å²) in [5.41, 5.74) is 3.08. The van der Waals surface area contributed by atoms with Crippen LogP contribution in [-0.2, 0) is 16.0 Å². The maximum absolute atomic E-state index is 14.3. The van der Waals surface area contributed by atoms with Gasteiger partial charge in [-0.1, -0.05) is 23.7 Å². The Labute approximate surface area is 206 Å². The van der Waals surface area contributed by atoms with Crippen molar-refractivity contribution in [3.8, 4) is 5.75 Å². The van der Waals surface area contributed by atoms with Crippen molar-refractivity contribution >= 4 is 35.4 Å². The van der Waals surface area contributed by atoms with Crippen molar-refractivity contribution in [3.63, 3.8) is 0 Å². The summed E-state index contributed by atoms with van der Waals surface area (Å²) in [6.07, 6.45) is 4.50. The van der Waals surface area contributed by atoms with Gasteiger partial charge in [0.1, 0.15) is 11.6 Å². The first-order valence-corrected chi connectivity index (χ1v) is 11.7. The van der Waals surface area contributed by atoms with Gasteiger partial charge in [0, 0.05) is 18.2 Å². The first-order chi connectivity index (χ1) is 17.0. The maximum Gasteiger partial charge on any atom is 0.242 e. The number of aromatic nitrogens is 3. The normalized spacial score (nSPS) is 23.7. The summed E-state index contributed by atoms with van der Waals surface area (Å²) in [6.45, 7) is 0. The van der Waals surface area contributed by atoms with Crippen LogP contribution in [0.3, 0.4) is 0 Å². The van der Waals surface area contributed by atoms with Crippen molar-refractivity contribution in [2.75, 3.05) is 5.32 Å². The number of hydrogen-bond donors (Lipinski definition) is 3. The number of hydrazone groups is 1. The van der Waals surface area contributed by atoms with Crippen molar-refractivity contribution in [1.29, 1.82) is 0 Å². The van der Waals surface area contributed by atoms with Crippen LogP contribution in [0.25, 0.3) is 0 Å². The van der Waals surface area contributed by atoms with E-state index in [1.165, 1.54) is 6.07 Å². The van der Waals surface area contributed by atoms with Gasteiger partial charge in [0.2, 0.25) is 12.1 Å². The van der Waals surface area contributed by atoms with E-state index in [9.17, 15) is 9.18 Å². The molecule has 1 unspecified atom stereocenters. The van der Waals surface area contributed by atoms with Gasteiger partial charge in [-0.25, -0.2) is 9.37 Å². The average molecular weight is 499 g/mol. The van der Waals surface area contributed by atoms with E-state index in [1.54, 1.807) is 18.3 Å². The smallest absolute Gasteiger partial charge is 0.242 e. The third kappa shape index (κ3) is 5.07. The highest BCUT2D eigenvalue weighted by molar-refractivity contribution is 6.30. The first kappa shape index (κ1) is 23.1. The molecule has 1 aliphatic carbocycles. The Morgan fingerprint density at radius 1 is 1.23 bits per heavy atom. The molecule has 182 valence electrons. The molecule has 0 radical (unpaired) electrons. The number of hydrogen-bond acceptors (Lipinski definition) is 8. The van der Waals surface area contributed by atoms with E-state index in [0.717, 1.165) is 11.5 Å². The molecule has 35 heavy (non-hydrogen) atoms. The fourth-order valence-electron chi connectivity index (χ4n) is 4.54. The van der Waals surface area contributed by atoms with E-state index in [0.29, 0.717) is 50.1 Å². The second kappa shape index (κ2) is 9.91. The number of nitrogens with zero attached hydrogens (tertiary/aromatic N) is 3. The van der Waals surface area contributed by atoms with E-state index in [2.05, 4.69) is 26.0 Å². The van der Waals surface area contributed by atoms with Gasteiger partial charge in [-0.05, 0) is 49.9 Å². The van der Waals surface area contributed by atoms with E-state index >= 15 is 0 Å². The van der Waals surface area contributed by atoms with Gasteiger partial charge >= 0.3 is 0 Å². The lowest BCUT2D eigenvalue weighted by Crippen LogP contribution is -2.41. The molecule has 11 heteroatoms. The molecule has 0 spiro atoms. The molecular weight excluding hydrogens is 475 g/mol. The average Bonchev–Trinajstić information content (AvgIpc) is 3.56. The lowest BCUT2D eigenvalue weighted by Gasteiger charge is -2.39. The number of pyridine rings is 1. The fraction of sp³-hybridized carbons (Fsp3) is 0.333. The Hall–Kier alpha value is -3.66. The number of aromatic amines is 1. The standard InChI is InChI=1S/C24H24ClFN6O3/c25-17-4-2-5-18(22(17)26)34-16-7-10-24(11-8-16,23-32-31-21(14-33)35-23)13-15-3-1-6-19(28-15)29-20-9-12-27-30-20/h1-6,9,12,14,16,21,31H,7-8,10-11,13H2,(H2,27,28,29,30). The Morgan fingerprint density at radius 3 is 2.80 bits per heavy atom. The second-order valence-electron chi connectivity index (χ2n) is 8.66. The number of carbonyl (C=O) groups is 1. The molecule has 0 amide bonds. The molecule has 0 bridgehead atoms. The van der Waals surface area contributed by atoms with Crippen molar-refractivity contribution in [1.82, 2.24) is 20.6 Å². The predicted octanol–water partition coefficient (Wildman–Crippen LogP) is 4.35. The van der Waals surface area contributed by atoms with E-state index in [4.69, 9.17) is 26.1 Å². The number of H-pyrrole nitrogens is 1. The fourth-order valence-corrected chi connectivity index (χ4v) is 4.70. The van der Waals surface area contributed by atoms with Crippen LogP contribution in [0.2, 0.25) is 5.02 Å². The molecule has 1 saturated carbocycles. The summed E-state index contributed by atoms with van der Waals surface area (Å²) in [7, 11) is 0. The molecule has 1 aromatic carbocycles. The minimum Gasteiger partial charge on any atom is -0.487 e. The van der Waals surface area contributed by atoms with E-state index < -0.39 is 17.5 Å². The Kier molecular flexibility index (Phi) is 6.54. The molecule has 2 aliphatic rings. The van der Waals surface area contributed by atoms with Crippen molar-refractivity contribution < 1.29 is 18.7 Å². The molecule has 1 fully saturated rings. The Balaban J connectivity index is 1.34. The summed E-state index contributed by atoms with van der Waals surface area (Å²) >= 11 is 5.90. The second-order valence-corrected chi connectivity index (χ2v) is 9.06. The van der Waals surface area contributed by atoms with Gasteiger partial charge in [0.05, 0.1) is 22.7 Å². The zero-order valence-electron chi connectivity index (χ0n) is 18.7. The number of benzene rings is 1. The van der Waals surface area contributed by atoms with Crippen LogP contribution < -0.4 is 15.5 Å². The van der Waals surface area contributed by atoms with E-state index in [1.807, 2.05) is 24.3 Å². The molecule has 3 heterocycles. The van der Waals surface area contributed by atoms with Gasteiger partial charge in [-0.3, -0.25) is 15.3 Å². The number of ether oxygens (including phenoxy) is 2. The van der Waals surface area contributed by atoms with Crippen molar-refractivity contribution in [3.05, 3.63) is 65.2 Å². The van der Waals surface area contributed by atoms with Crippen molar-refractivity contribution in [2.24, 2.45) is 10.5 Å². The van der Waals surface area contributed by atoms with Crippen LogP contribution in [0.15, 0.2) is 53.8 Å². The minimum atomic E-state index is -0.808. The quantitative estimate of drug-likeness (QED) is 0.396. The van der Waals surface area contributed by atoms with Gasteiger partial charge in [-0.2, -0.15) is 5.10 Å². The van der Waals surface area contributed by atoms with Crippen LogP contribution >= 0.6 is 11.6 Å². The van der Waals surface area contributed by atoms with Crippen LogP contribution in [0, 0.1) is 11.2 Å². The van der Waals surface area contributed by atoms with Crippen molar-refractivity contribution in [2.45, 2.75) is 44.4 Å². The van der Waals surface area contributed by atoms with Crippen LogP contribution in [0.4, 0.5) is 16.0 Å². The van der Waals surface area contributed by atoms with Gasteiger partial charge in [0.25, 0.3) is 0 Å². The molecule has 9 nitrogen and oxygen atoms in total. The Bertz CT molecular complexity index is 1210. The molecular formula is C24H24ClFN6O3. The molecule has 5 rings (SSSR count). The topological polar surface area (TPSA) is 114 Å².